The second kappa shape index (κ2) is 7.38. The number of ether oxygens (including phenoxy) is 2. The Morgan fingerprint density at radius 2 is 2.08 bits per heavy atom. The zero-order valence-corrected chi connectivity index (χ0v) is 14.7. The molecule has 5 nitrogen and oxygen atoms in total. The van der Waals surface area contributed by atoms with Gasteiger partial charge in [0.1, 0.15) is 5.82 Å². The van der Waals surface area contributed by atoms with Gasteiger partial charge in [0.2, 0.25) is 0 Å². The van der Waals surface area contributed by atoms with Crippen LogP contribution in [-0.4, -0.2) is 61.5 Å². The Labute approximate surface area is 144 Å². The van der Waals surface area contributed by atoms with E-state index in [0.29, 0.717) is 18.2 Å². The van der Waals surface area contributed by atoms with Gasteiger partial charge in [-0.05, 0) is 43.7 Å². The monoisotopic (exact) mass is 331 g/mol. The fraction of sp³-hybridized carbons (Fsp3) is 0.737. The van der Waals surface area contributed by atoms with Crippen LogP contribution in [0.4, 0.5) is 5.82 Å². The Bertz CT molecular complexity index is 530. The van der Waals surface area contributed by atoms with E-state index in [0.717, 1.165) is 57.9 Å². The van der Waals surface area contributed by atoms with Crippen molar-refractivity contribution in [1.82, 2.24) is 9.88 Å². The van der Waals surface area contributed by atoms with Crippen LogP contribution in [0.1, 0.15) is 37.7 Å². The maximum Gasteiger partial charge on any atom is 0.128 e. The minimum Gasteiger partial charge on any atom is -0.381 e. The van der Waals surface area contributed by atoms with Crippen LogP contribution in [0.15, 0.2) is 18.3 Å². The Morgan fingerprint density at radius 1 is 1.21 bits per heavy atom. The van der Waals surface area contributed by atoms with E-state index in [-0.39, 0.29) is 0 Å². The standard InChI is InChI=1S/C19H29N3O2/c1-23-16-5-6-18-17(12-16)22(10-11-24-18)14-15-4-7-19(20-13-15)21-8-2-3-9-21/h4,7,13,16-18H,2-3,5-6,8-12,14H2,1H3/t16-,17-,18-/m1/s1. The van der Waals surface area contributed by atoms with Gasteiger partial charge in [0.15, 0.2) is 0 Å². The van der Waals surface area contributed by atoms with Crippen LogP contribution in [0, 0.1) is 0 Å². The van der Waals surface area contributed by atoms with Gasteiger partial charge in [0.25, 0.3) is 0 Å². The van der Waals surface area contributed by atoms with E-state index in [1.807, 2.05) is 7.11 Å². The van der Waals surface area contributed by atoms with E-state index >= 15 is 0 Å². The molecule has 0 aromatic carbocycles. The maximum atomic E-state index is 6.01. The van der Waals surface area contributed by atoms with E-state index < -0.39 is 0 Å². The second-order valence-corrected chi connectivity index (χ2v) is 7.34. The van der Waals surface area contributed by atoms with Crippen molar-refractivity contribution in [2.45, 2.75) is 56.9 Å². The number of fused-ring (bicyclic) bond motifs is 1. The van der Waals surface area contributed by atoms with E-state index in [1.165, 1.54) is 18.4 Å². The second-order valence-electron chi connectivity index (χ2n) is 7.34. The molecule has 3 atom stereocenters. The lowest BCUT2D eigenvalue weighted by Gasteiger charge is -2.45. The van der Waals surface area contributed by atoms with E-state index in [2.05, 4.69) is 28.1 Å². The molecule has 1 aromatic rings. The number of rotatable bonds is 4. The molecule has 5 heteroatoms. The molecule has 0 N–H and O–H groups in total. The summed E-state index contributed by atoms with van der Waals surface area (Å²) >= 11 is 0. The molecule has 1 aliphatic carbocycles. The topological polar surface area (TPSA) is 37.8 Å². The van der Waals surface area contributed by atoms with E-state index in [4.69, 9.17) is 14.5 Å². The van der Waals surface area contributed by atoms with Gasteiger partial charge >= 0.3 is 0 Å². The summed E-state index contributed by atoms with van der Waals surface area (Å²) in [5, 5.41) is 0. The van der Waals surface area contributed by atoms with Crippen molar-refractivity contribution in [2.24, 2.45) is 0 Å². The summed E-state index contributed by atoms with van der Waals surface area (Å²) in [6, 6.07) is 4.93. The highest BCUT2D eigenvalue weighted by molar-refractivity contribution is 5.40. The van der Waals surface area contributed by atoms with E-state index in [1.54, 1.807) is 0 Å². The van der Waals surface area contributed by atoms with Crippen LogP contribution < -0.4 is 4.90 Å². The lowest BCUT2D eigenvalue weighted by atomic mass is 9.87. The molecule has 4 rings (SSSR count). The van der Waals surface area contributed by atoms with Crippen molar-refractivity contribution in [2.75, 3.05) is 38.3 Å². The van der Waals surface area contributed by atoms with Crippen LogP contribution in [0.5, 0.6) is 0 Å². The molecule has 2 aliphatic heterocycles. The van der Waals surface area contributed by atoms with Gasteiger partial charge < -0.3 is 14.4 Å². The summed E-state index contributed by atoms with van der Waals surface area (Å²) < 4.78 is 11.6. The number of morpholine rings is 1. The minimum atomic E-state index is 0.377. The summed E-state index contributed by atoms with van der Waals surface area (Å²) in [5.74, 6) is 1.13. The zero-order valence-electron chi connectivity index (χ0n) is 14.7. The van der Waals surface area contributed by atoms with Gasteiger partial charge in [-0.15, -0.1) is 0 Å². The van der Waals surface area contributed by atoms with Gasteiger partial charge in [-0.3, -0.25) is 4.90 Å². The lowest BCUT2D eigenvalue weighted by Crippen LogP contribution is -2.54. The molecule has 132 valence electrons. The van der Waals surface area contributed by atoms with Crippen molar-refractivity contribution >= 4 is 5.82 Å². The SMILES string of the molecule is CO[C@@H]1CC[C@H]2OCCN(Cc3ccc(N4CCCC4)nc3)[C@@H]2C1. The third kappa shape index (κ3) is 3.44. The maximum absolute atomic E-state index is 6.01. The molecule has 2 saturated heterocycles. The van der Waals surface area contributed by atoms with Crippen LogP contribution in [0.2, 0.25) is 0 Å². The Balaban J connectivity index is 1.41. The highest BCUT2D eigenvalue weighted by Crippen LogP contribution is 2.31. The minimum absolute atomic E-state index is 0.377. The van der Waals surface area contributed by atoms with Crippen molar-refractivity contribution in [3.63, 3.8) is 0 Å². The molecule has 0 bridgehead atoms. The number of methoxy groups -OCH3 is 1. The first kappa shape index (κ1) is 16.3. The lowest BCUT2D eigenvalue weighted by molar-refractivity contribution is -0.116. The van der Waals surface area contributed by atoms with E-state index in [9.17, 15) is 0 Å². The average molecular weight is 331 g/mol. The van der Waals surface area contributed by atoms with Crippen molar-refractivity contribution < 1.29 is 9.47 Å². The molecular weight excluding hydrogens is 302 g/mol. The molecule has 0 unspecified atom stereocenters. The highest BCUT2D eigenvalue weighted by atomic mass is 16.5. The molecule has 3 heterocycles. The van der Waals surface area contributed by atoms with Gasteiger partial charge in [-0.2, -0.15) is 0 Å². The number of hydrogen-bond acceptors (Lipinski definition) is 5. The number of hydrogen-bond donors (Lipinski definition) is 0. The first-order valence-corrected chi connectivity index (χ1v) is 9.42. The van der Waals surface area contributed by atoms with Gasteiger partial charge in [-0.1, -0.05) is 6.07 Å². The summed E-state index contributed by atoms with van der Waals surface area (Å²) in [5.41, 5.74) is 1.30. The fourth-order valence-corrected chi connectivity index (χ4v) is 4.44. The van der Waals surface area contributed by atoms with Gasteiger partial charge in [-0.25, -0.2) is 4.98 Å². The van der Waals surface area contributed by atoms with Crippen LogP contribution in [-0.2, 0) is 16.0 Å². The van der Waals surface area contributed by atoms with Crippen LogP contribution >= 0.6 is 0 Å². The highest BCUT2D eigenvalue weighted by Gasteiger charge is 2.37. The van der Waals surface area contributed by atoms with Crippen molar-refractivity contribution in [3.8, 4) is 0 Å². The third-order valence-electron chi connectivity index (χ3n) is 5.84. The molecule has 1 aromatic heterocycles. The fourth-order valence-electron chi connectivity index (χ4n) is 4.44. The quantitative estimate of drug-likeness (QED) is 0.847. The van der Waals surface area contributed by atoms with Crippen LogP contribution in [0.3, 0.4) is 0 Å². The molecule has 1 saturated carbocycles. The molecule has 0 radical (unpaired) electrons. The molecule has 3 aliphatic rings. The first-order chi connectivity index (χ1) is 11.8. The Hall–Kier alpha value is -1.17. The predicted octanol–water partition coefficient (Wildman–Crippen LogP) is 2.45. The average Bonchev–Trinajstić information content (AvgIpc) is 3.17. The summed E-state index contributed by atoms with van der Waals surface area (Å²) in [6.07, 6.45) is 8.73. The zero-order chi connectivity index (χ0) is 16.4. The summed E-state index contributed by atoms with van der Waals surface area (Å²) in [6.45, 7) is 5.12. The Morgan fingerprint density at radius 3 is 2.83 bits per heavy atom. The normalized spacial score (nSPS) is 31.2. The molecule has 3 fully saturated rings. The van der Waals surface area contributed by atoms with Gasteiger partial charge in [0, 0.05) is 45.5 Å². The molecule has 24 heavy (non-hydrogen) atoms. The summed E-state index contributed by atoms with van der Waals surface area (Å²) in [4.78, 5) is 9.67. The largest absolute Gasteiger partial charge is 0.381 e. The van der Waals surface area contributed by atoms with Crippen molar-refractivity contribution in [1.29, 1.82) is 0 Å². The number of nitrogens with zero attached hydrogens (tertiary/aromatic N) is 3. The predicted molar refractivity (Wildman–Crippen MR) is 94.3 cm³/mol. The third-order valence-corrected chi connectivity index (χ3v) is 5.84. The smallest absolute Gasteiger partial charge is 0.128 e. The van der Waals surface area contributed by atoms with Gasteiger partial charge in [0.05, 0.1) is 18.8 Å². The summed E-state index contributed by atoms with van der Waals surface area (Å²) in [7, 11) is 1.83. The molecular formula is C19H29N3O2. The Kier molecular flexibility index (Phi) is 5.01. The number of anilines is 1. The first-order valence-electron chi connectivity index (χ1n) is 9.42. The molecule has 0 spiro atoms. The van der Waals surface area contributed by atoms with Crippen LogP contribution in [0.25, 0.3) is 0 Å². The number of pyridine rings is 1. The van der Waals surface area contributed by atoms with Crippen molar-refractivity contribution in [3.05, 3.63) is 23.9 Å². The number of aromatic nitrogens is 1. The molecule has 0 amide bonds.